The van der Waals surface area contributed by atoms with Crippen molar-refractivity contribution < 1.29 is 22.4 Å². The molecule has 0 atom stereocenters. The van der Waals surface area contributed by atoms with Gasteiger partial charge in [-0.15, -0.1) is 12.6 Å². The fourth-order valence-corrected chi connectivity index (χ4v) is 1.09. The van der Waals surface area contributed by atoms with Crippen LogP contribution in [-0.4, -0.2) is 5.12 Å². The molecule has 0 bridgehead atoms. The minimum absolute atomic E-state index is 0.0805. The molecule has 0 saturated heterocycles. The summed E-state index contributed by atoms with van der Waals surface area (Å²) in [5, 5.41) is -0.882. The average Bonchev–Trinajstić information content (AvgIpc) is 2.09. The summed E-state index contributed by atoms with van der Waals surface area (Å²) in [7, 11) is 0. The zero-order valence-corrected chi connectivity index (χ0v) is 7.55. The largest absolute Gasteiger partial charge is 0.287 e. The molecule has 0 aliphatic rings. The van der Waals surface area contributed by atoms with Gasteiger partial charge in [0.1, 0.15) is 0 Å². The molecule has 1 aromatic carbocycles. The highest BCUT2D eigenvalue weighted by atomic mass is 32.1. The van der Waals surface area contributed by atoms with Crippen molar-refractivity contribution in [2.24, 2.45) is 0 Å². The highest BCUT2D eigenvalue weighted by Gasteiger charge is 2.19. The molecule has 1 nitrogen and oxygen atoms in total. The predicted molar refractivity (Wildman–Crippen MR) is 44.0 cm³/mol. The molecular formula is C8H4F4OS. The van der Waals surface area contributed by atoms with Crippen LogP contribution in [0.25, 0.3) is 0 Å². The van der Waals surface area contributed by atoms with Crippen LogP contribution in [-0.2, 0) is 11.2 Å². The highest BCUT2D eigenvalue weighted by Crippen LogP contribution is 2.20. The molecule has 0 aromatic heterocycles. The van der Waals surface area contributed by atoms with Gasteiger partial charge in [0.05, 0.1) is 0 Å². The lowest BCUT2D eigenvalue weighted by atomic mass is 10.1. The van der Waals surface area contributed by atoms with E-state index in [0.29, 0.717) is 0 Å². The van der Waals surface area contributed by atoms with Gasteiger partial charge in [-0.1, -0.05) is 0 Å². The van der Waals surface area contributed by atoms with Crippen molar-refractivity contribution in [3.8, 4) is 0 Å². The van der Waals surface area contributed by atoms with Crippen molar-refractivity contribution in [1.29, 1.82) is 0 Å². The van der Waals surface area contributed by atoms with Gasteiger partial charge in [-0.3, -0.25) is 4.79 Å². The molecule has 0 saturated carbocycles. The Hall–Kier alpha value is -1.04. The molecule has 0 aliphatic carbocycles. The Labute approximate surface area is 82.1 Å². The van der Waals surface area contributed by atoms with Gasteiger partial charge in [0, 0.05) is 18.1 Å². The lowest BCUT2D eigenvalue weighted by Gasteiger charge is -2.03. The second-order valence-electron chi connectivity index (χ2n) is 2.52. The number of thiol groups is 1. The van der Waals surface area contributed by atoms with E-state index >= 15 is 0 Å². The van der Waals surface area contributed by atoms with Crippen molar-refractivity contribution in [1.82, 2.24) is 0 Å². The molecule has 0 heterocycles. The van der Waals surface area contributed by atoms with Gasteiger partial charge >= 0.3 is 0 Å². The summed E-state index contributed by atoms with van der Waals surface area (Å²) in [6, 6.07) is 0.0805. The lowest BCUT2D eigenvalue weighted by Crippen LogP contribution is -2.06. The van der Waals surface area contributed by atoms with Crippen molar-refractivity contribution in [2.45, 2.75) is 6.42 Å². The standard InChI is InChI=1S/C8H4F4OS/c9-4-2-5(10)8(12)3(7(4)11)1-6(13)14/h2H,1H2,(H,13,14). The summed E-state index contributed by atoms with van der Waals surface area (Å²) in [4.78, 5) is 10.4. The van der Waals surface area contributed by atoms with E-state index in [4.69, 9.17) is 0 Å². The average molecular weight is 224 g/mol. The second-order valence-corrected chi connectivity index (χ2v) is 3.02. The van der Waals surface area contributed by atoms with Gasteiger partial charge in [-0.2, -0.15) is 0 Å². The summed E-state index contributed by atoms with van der Waals surface area (Å²) >= 11 is 3.26. The van der Waals surface area contributed by atoms with Crippen LogP contribution in [0.1, 0.15) is 5.56 Å². The van der Waals surface area contributed by atoms with Gasteiger partial charge in [0.25, 0.3) is 0 Å². The molecule has 1 aromatic rings. The summed E-state index contributed by atoms with van der Waals surface area (Å²) in [5.74, 6) is -6.19. The van der Waals surface area contributed by atoms with E-state index in [1.54, 1.807) is 0 Å². The first-order valence-corrected chi connectivity index (χ1v) is 3.92. The molecule has 0 radical (unpaired) electrons. The van der Waals surface area contributed by atoms with Gasteiger partial charge in [0.2, 0.25) is 0 Å². The Morgan fingerprint density at radius 3 is 1.93 bits per heavy atom. The number of halogens is 4. The molecule has 14 heavy (non-hydrogen) atoms. The molecule has 0 unspecified atom stereocenters. The van der Waals surface area contributed by atoms with Crippen LogP contribution < -0.4 is 0 Å². The summed E-state index contributed by atoms with van der Waals surface area (Å²) < 4.78 is 50.8. The molecular weight excluding hydrogens is 220 g/mol. The molecule has 0 spiro atoms. The van der Waals surface area contributed by atoms with Gasteiger partial charge in [-0.05, 0) is 0 Å². The first kappa shape index (κ1) is 11.0. The van der Waals surface area contributed by atoms with Crippen LogP contribution in [0, 0.1) is 23.3 Å². The molecule has 0 amide bonds. The van der Waals surface area contributed by atoms with E-state index in [-0.39, 0.29) is 6.07 Å². The Morgan fingerprint density at radius 2 is 1.57 bits per heavy atom. The number of hydrogen-bond donors (Lipinski definition) is 1. The van der Waals surface area contributed by atoms with Crippen molar-refractivity contribution >= 4 is 17.7 Å². The quantitative estimate of drug-likeness (QED) is 0.463. The van der Waals surface area contributed by atoms with Crippen LogP contribution in [0.3, 0.4) is 0 Å². The Morgan fingerprint density at radius 1 is 1.14 bits per heavy atom. The van der Waals surface area contributed by atoms with Gasteiger partial charge in [-0.25, -0.2) is 17.6 Å². The zero-order valence-electron chi connectivity index (χ0n) is 6.65. The van der Waals surface area contributed by atoms with E-state index in [0.717, 1.165) is 0 Å². The monoisotopic (exact) mass is 224 g/mol. The van der Waals surface area contributed by atoms with Crippen molar-refractivity contribution in [3.05, 3.63) is 34.9 Å². The maximum atomic E-state index is 12.8. The zero-order chi connectivity index (χ0) is 10.9. The summed E-state index contributed by atoms with van der Waals surface area (Å²) in [6.45, 7) is 0. The Kier molecular flexibility index (Phi) is 3.15. The predicted octanol–water partition coefficient (Wildman–Crippen LogP) is 2.24. The molecule has 0 N–H and O–H groups in total. The van der Waals surface area contributed by atoms with E-state index in [9.17, 15) is 22.4 Å². The summed E-state index contributed by atoms with van der Waals surface area (Å²) in [6.07, 6.45) is -0.796. The topological polar surface area (TPSA) is 17.1 Å². The number of carbonyl (C=O) groups is 1. The number of benzene rings is 1. The number of hydrogen-bond acceptors (Lipinski definition) is 1. The van der Waals surface area contributed by atoms with Gasteiger partial charge < -0.3 is 0 Å². The molecule has 6 heteroatoms. The van der Waals surface area contributed by atoms with E-state index in [1.807, 2.05) is 0 Å². The third-order valence-corrected chi connectivity index (χ3v) is 1.69. The normalized spacial score (nSPS) is 10.4. The van der Waals surface area contributed by atoms with Crippen LogP contribution >= 0.6 is 12.6 Å². The minimum Gasteiger partial charge on any atom is -0.287 e. The summed E-state index contributed by atoms with van der Waals surface area (Å²) in [5.41, 5.74) is -0.942. The van der Waals surface area contributed by atoms with Crippen LogP contribution in [0.15, 0.2) is 6.07 Å². The van der Waals surface area contributed by atoms with Crippen LogP contribution in [0.4, 0.5) is 17.6 Å². The first-order chi connectivity index (χ1) is 6.43. The molecule has 1 rings (SSSR count). The molecule has 0 aliphatic heterocycles. The Balaban J connectivity index is 3.31. The molecule has 76 valence electrons. The highest BCUT2D eigenvalue weighted by molar-refractivity contribution is 7.96. The maximum absolute atomic E-state index is 12.8. The smallest absolute Gasteiger partial charge is 0.190 e. The molecule has 0 fully saturated rings. The van der Waals surface area contributed by atoms with Crippen LogP contribution in [0.2, 0.25) is 0 Å². The second kappa shape index (κ2) is 4.00. The first-order valence-electron chi connectivity index (χ1n) is 3.47. The van der Waals surface area contributed by atoms with Crippen molar-refractivity contribution in [3.63, 3.8) is 0 Å². The number of carbonyl (C=O) groups excluding carboxylic acids is 1. The fourth-order valence-electron chi connectivity index (χ4n) is 0.929. The lowest BCUT2D eigenvalue weighted by molar-refractivity contribution is -0.110. The third-order valence-electron chi connectivity index (χ3n) is 1.53. The van der Waals surface area contributed by atoms with E-state index in [1.165, 1.54) is 0 Å². The van der Waals surface area contributed by atoms with E-state index in [2.05, 4.69) is 12.6 Å². The Bertz CT molecular complexity index is 365. The number of rotatable bonds is 2. The van der Waals surface area contributed by atoms with E-state index < -0.39 is 40.4 Å². The minimum atomic E-state index is -1.56. The SMILES string of the molecule is O=C(S)Cc1c(F)c(F)cc(F)c1F. The third kappa shape index (κ3) is 2.06. The van der Waals surface area contributed by atoms with Crippen molar-refractivity contribution in [2.75, 3.05) is 0 Å². The fraction of sp³-hybridized carbons (Fsp3) is 0.125. The van der Waals surface area contributed by atoms with Gasteiger partial charge in [0.15, 0.2) is 28.4 Å². The van der Waals surface area contributed by atoms with Crippen LogP contribution in [0.5, 0.6) is 0 Å². The maximum Gasteiger partial charge on any atom is 0.190 e.